The standard InChI is InChI=1S/C20H22N2O5/c1-4-22(12(2)18(21)24)19(25)14-7-5-13(6-8-14)16-10-9-15(11-17(16)23)20(26)27-3/h5-12,23H,4H2,1-3H3,(H2,21,24)/t12-/m1/s1. The van der Waals surface area contributed by atoms with Crippen molar-refractivity contribution in [2.24, 2.45) is 5.73 Å². The van der Waals surface area contributed by atoms with Gasteiger partial charge >= 0.3 is 5.97 Å². The Balaban J connectivity index is 2.28. The zero-order valence-corrected chi connectivity index (χ0v) is 15.4. The van der Waals surface area contributed by atoms with Crippen LogP contribution >= 0.6 is 0 Å². The average Bonchev–Trinajstić information content (AvgIpc) is 2.67. The molecule has 0 radical (unpaired) electrons. The van der Waals surface area contributed by atoms with Gasteiger partial charge in [-0.25, -0.2) is 4.79 Å². The van der Waals surface area contributed by atoms with Crippen LogP contribution in [0.4, 0.5) is 0 Å². The molecule has 0 saturated carbocycles. The summed E-state index contributed by atoms with van der Waals surface area (Å²) in [7, 11) is 1.27. The number of nitrogens with two attached hydrogens (primary N) is 1. The summed E-state index contributed by atoms with van der Waals surface area (Å²) < 4.78 is 4.62. The molecule has 0 aliphatic heterocycles. The van der Waals surface area contributed by atoms with Crippen molar-refractivity contribution >= 4 is 17.8 Å². The topological polar surface area (TPSA) is 110 Å². The van der Waals surface area contributed by atoms with Crippen molar-refractivity contribution in [1.82, 2.24) is 4.90 Å². The lowest BCUT2D eigenvalue weighted by molar-refractivity contribution is -0.121. The fraction of sp³-hybridized carbons (Fsp3) is 0.250. The third-order valence-electron chi connectivity index (χ3n) is 4.34. The highest BCUT2D eigenvalue weighted by molar-refractivity contribution is 5.97. The van der Waals surface area contributed by atoms with Gasteiger partial charge in [-0.2, -0.15) is 0 Å². The summed E-state index contributed by atoms with van der Waals surface area (Å²) in [5, 5.41) is 10.2. The molecule has 0 unspecified atom stereocenters. The molecule has 2 rings (SSSR count). The van der Waals surface area contributed by atoms with E-state index >= 15 is 0 Å². The van der Waals surface area contributed by atoms with Gasteiger partial charge in [-0.05, 0) is 49.7 Å². The largest absolute Gasteiger partial charge is 0.507 e. The van der Waals surface area contributed by atoms with E-state index < -0.39 is 17.9 Å². The summed E-state index contributed by atoms with van der Waals surface area (Å²) in [6.45, 7) is 3.70. The van der Waals surface area contributed by atoms with E-state index in [-0.39, 0.29) is 17.2 Å². The number of ether oxygens (including phenoxy) is 1. The number of rotatable bonds is 6. The molecule has 1 atom stereocenters. The van der Waals surface area contributed by atoms with Gasteiger partial charge in [0.25, 0.3) is 5.91 Å². The van der Waals surface area contributed by atoms with Crippen LogP contribution in [0.5, 0.6) is 5.75 Å². The first-order chi connectivity index (χ1) is 12.8. The van der Waals surface area contributed by atoms with Gasteiger partial charge in [-0.15, -0.1) is 0 Å². The second-order valence-electron chi connectivity index (χ2n) is 5.97. The highest BCUT2D eigenvalue weighted by atomic mass is 16.5. The number of primary amides is 1. The predicted octanol–water partition coefficient (Wildman–Crippen LogP) is 2.18. The molecule has 3 N–H and O–H groups in total. The van der Waals surface area contributed by atoms with Gasteiger partial charge in [0, 0.05) is 17.7 Å². The van der Waals surface area contributed by atoms with E-state index in [0.29, 0.717) is 23.2 Å². The highest BCUT2D eigenvalue weighted by Gasteiger charge is 2.23. The van der Waals surface area contributed by atoms with E-state index in [1.807, 2.05) is 0 Å². The van der Waals surface area contributed by atoms with Crippen LogP contribution in [0, 0.1) is 0 Å². The number of phenols is 1. The van der Waals surface area contributed by atoms with Crippen LogP contribution in [0.2, 0.25) is 0 Å². The Morgan fingerprint density at radius 1 is 1.11 bits per heavy atom. The molecular weight excluding hydrogens is 348 g/mol. The molecule has 2 amide bonds. The monoisotopic (exact) mass is 370 g/mol. The molecule has 0 aliphatic carbocycles. The molecule has 0 bridgehead atoms. The quantitative estimate of drug-likeness (QED) is 0.758. The number of methoxy groups -OCH3 is 1. The number of esters is 1. The van der Waals surface area contributed by atoms with Crippen LogP contribution in [0.1, 0.15) is 34.6 Å². The molecule has 0 saturated heterocycles. The number of likely N-dealkylation sites (N-methyl/N-ethyl adjacent to an activating group) is 1. The average molecular weight is 370 g/mol. The molecular formula is C20H22N2O5. The minimum absolute atomic E-state index is 0.0745. The molecule has 0 spiro atoms. The molecule has 2 aromatic carbocycles. The molecule has 7 nitrogen and oxygen atoms in total. The normalized spacial score (nSPS) is 11.5. The first kappa shape index (κ1) is 20.0. The minimum atomic E-state index is -0.711. The Kier molecular flexibility index (Phi) is 6.18. The molecule has 142 valence electrons. The van der Waals surface area contributed by atoms with Crippen LogP contribution in [0.15, 0.2) is 42.5 Å². The molecule has 7 heteroatoms. The summed E-state index contributed by atoms with van der Waals surface area (Å²) in [6, 6.07) is 10.4. The highest BCUT2D eigenvalue weighted by Crippen LogP contribution is 2.30. The number of hydrogen-bond donors (Lipinski definition) is 2. The van der Waals surface area contributed by atoms with Crippen molar-refractivity contribution < 1.29 is 24.2 Å². The van der Waals surface area contributed by atoms with Crippen LogP contribution < -0.4 is 5.73 Å². The van der Waals surface area contributed by atoms with Gasteiger partial charge in [-0.1, -0.05) is 12.1 Å². The number of hydrogen-bond acceptors (Lipinski definition) is 5. The van der Waals surface area contributed by atoms with E-state index in [1.165, 1.54) is 18.1 Å². The Morgan fingerprint density at radius 2 is 1.70 bits per heavy atom. The SMILES string of the molecule is CCN(C(=O)c1ccc(-c2ccc(C(=O)OC)cc2O)cc1)[C@H](C)C(N)=O. The fourth-order valence-corrected chi connectivity index (χ4v) is 2.73. The lowest BCUT2D eigenvalue weighted by Gasteiger charge is -2.25. The molecule has 0 aliphatic rings. The van der Waals surface area contributed by atoms with Gasteiger partial charge in [0.05, 0.1) is 12.7 Å². The van der Waals surface area contributed by atoms with E-state index in [0.717, 1.165) is 0 Å². The van der Waals surface area contributed by atoms with Crippen molar-refractivity contribution in [2.75, 3.05) is 13.7 Å². The Bertz CT molecular complexity index is 861. The summed E-state index contributed by atoms with van der Waals surface area (Å²) in [6.07, 6.45) is 0. The van der Waals surface area contributed by atoms with Crippen molar-refractivity contribution in [3.8, 4) is 16.9 Å². The predicted molar refractivity (Wildman–Crippen MR) is 100 cm³/mol. The molecule has 27 heavy (non-hydrogen) atoms. The third-order valence-corrected chi connectivity index (χ3v) is 4.34. The Morgan fingerprint density at radius 3 is 2.19 bits per heavy atom. The number of nitrogens with zero attached hydrogens (tertiary/aromatic N) is 1. The number of benzene rings is 2. The van der Waals surface area contributed by atoms with Crippen LogP contribution in [0.3, 0.4) is 0 Å². The maximum atomic E-state index is 12.6. The Hall–Kier alpha value is -3.35. The van der Waals surface area contributed by atoms with E-state index in [1.54, 1.807) is 50.2 Å². The molecule has 2 aromatic rings. The van der Waals surface area contributed by atoms with Crippen molar-refractivity contribution in [3.05, 3.63) is 53.6 Å². The van der Waals surface area contributed by atoms with Gasteiger partial charge in [0.1, 0.15) is 11.8 Å². The zero-order chi connectivity index (χ0) is 20.1. The van der Waals surface area contributed by atoms with Gasteiger partial charge in [0.2, 0.25) is 5.91 Å². The van der Waals surface area contributed by atoms with Crippen molar-refractivity contribution in [3.63, 3.8) is 0 Å². The third kappa shape index (κ3) is 4.25. The maximum Gasteiger partial charge on any atom is 0.337 e. The molecule has 0 heterocycles. The van der Waals surface area contributed by atoms with Crippen molar-refractivity contribution in [2.45, 2.75) is 19.9 Å². The van der Waals surface area contributed by atoms with E-state index in [4.69, 9.17) is 5.73 Å². The fourth-order valence-electron chi connectivity index (χ4n) is 2.73. The van der Waals surface area contributed by atoms with Crippen LogP contribution in [-0.4, -0.2) is 47.5 Å². The summed E-state index contributed by atoms with van der Waals surface area (Å²) in [5.74, 6) is -1.49. The number of carbonyl (C=O) groups is 3. The number of phenolic OH excluding ortho intramolecular Hbond substituents is 1. The Labute approximate surface area is 157 Å². The van der Waals surface area contributed by atoms with Gasteiger partial charge in [0.15, 0.2) is 0 Å². The molecule has 0 fully saturated rings. The summed E-state index contributed by atoms with van der Waals surface area (Å²) >= 11 is 0. The first-order valence-corrected chi connectivity index (χ1v) is 8.42. The van der Waals surface area contributed by atoms with Crippen LogP contribution in [-0.2, 0) is 9.53 Å². The maximum absolute atomic E-state index is 12.6. The summed E-state index contributed by atoms with van der Waals surface area (Å²) in [4.78, 5) is 36.9. The van der Waals surface area contributed by atoms with E-state index in [2.05, 4.69) is 4.74 Å². The van der Waals surface area contributed by atoms with E-state index in [9.17, 15) is 19.5 Å². The van der Waals surface area contributed by atoms with Gasteiger partial charge in [-0.3, -0.25) is 9.59 Å². The summed E-state index contributed by atoms with van der Waals surface area (Å²) in [5.41, 5.74) is 7.12. The minimum Gasteiger partial charge on any atom is -0.507 e. The van der Waals surface area contributed by atoms with Crippen molar-refractivity contribution in [1.29, 1.82) is 0 Å². The van der Waals surface area contributed by atoms with Crippen LogP contribution in [0.25, 0.3) is 11.1 Å². The second-order valence-corrected chi connectivity index (χ2v) is 5.97. The lowest BCUT2D eigenvalue weighted by atomic mass is 10.0. The lowest BCUT2D eigenvalue weighted by Crippen LogP contribution is -2.46. The van der Waals surface area contributed by atoms with Gasteiger partial charge < -0.3 is 20.5 Å². The smallest absolute Gasteiger partial charge is 0.337 e. The second kappa shape index (κ2) is 8.35. The first-order valence-electron chi connectivity index (χ1n) is 8.42. The zero-order valence-electron chi connectivity index (χ0n) is 15.4. The number of carbonyl (C=O) groups excluding carboxylic acids is 3. The number of amides is 2. The molecule has 0 aromatic heterocycles. The number of aromatic hydroxyl groups is 1.